The average Bonchev–Trinajstić information content (AvgIpc) is 3.11. The summed E-state index contributed by atoms with van der Waals surface area (Å²) in [6, 6.07) is 31.5. The van der Waals surface area contributed by atoms with Crippen LogP contribution in [0.1, 0.15) is 40.8 Å². The van der Waals surface area contributed by atoms with Gasteiger partial charge in [0, 0.05) is 64.2 Å². The predicted octanol–water partition coefficient (Wildman–Crippen LogP) is 7.60. The van der Waals surface area contributed by atoms with Crippen LogP contribution in [0, 0.1) is 6.92 Å². The molecule has 0 amide bonds. The summed E-state index contributed by atoms with van der Waals surface area (Å²) in [7, 11) is 0. The fourth-order valence-electron chi connectivity index (χ4n) is 7.13. The number of aromatic nitrogens is 3. The van der Waals surface area contributed by atoms with Crippen molar-refractivity contribution in [3.63, 3.8) is 0 Å². The number of aromatic amines is 1. The van der Waals surface area contributed by atoms with Crippen LogP contribution in [0.4, 0.5) is 0 Å². The Balaban J connectivity index is 1.45. The molecule has 5 heterocycles. The minimum atomic E-state index is 1.02. The van der Waals surface area contributed by atoms with Gasteiger partial charge < -0.3 is 4.98 Å². The van der Waals surface area contributed by atoms with Crippen LogP contribution in [0.5, 0.6) is 0 Å². The van der Waals surface area contributed by atoms with Crippen LogP contribution in [0.2, 0.25) is 0 Å². The lowest BCUT2D eigenvalue weighted by atomic mass is 9.87. The van der Waals surface area contributed by atoms with Crippen LogP contribution in [0.3, 0.4) is 0 Å². The zero-order valence-corrected chi connectivity index (χ0v) is 23.0. The summed E-state index contributed by atoms with van der Waals surface area (Å²) in [5, 5.41) is 2.57. The number of hydrogen-bond donors (Lipinski definition) is 1. The van der Waals surface area contributed by atoms with E-state index in [9.17, 15) is 0 Å². The first-order valence-corrected chi connectivity index (χ1v) is 14.6. The monoisotopic (exact) mass is 519 g/mol. The van der Waals surface area contributed by atoms with Crippen LogP contribution in [-0.2, 0) is 25.9 Å². The summed E-state index contributed by atoms with van der Waals surface area (Å²) in [6.07, 6.45) is 11.5. The molecule has 0 radical (unpaired) electrons. The van der Waals surface area contributed by atoms with E-state index in [1.54, 1.807) is 0 Å². The standard InChI is InChI=1S/C37H32N3/c1-25-30(31-13-3-4-14-32(31)38-25)20-19-29-24-28-10-2-5-15-33(28)40-23-9-12-27-18-17-26-11-8-22-39-21-7-6-16-34(39)35(26)36(27)37(29)40/h2-7,10,13-21,24H,8-9,11-12,22-23H2,1H3/q+1/p+1. The van der Waals surface area contributed by atoms with Gasteiger partial charge in [0.1, 0.15) is 13.1 Å². The summed E-state index contributed by atoms with van der Waals surface area (Å²) >= 11 is 0. The van der Waals surface area contributed by atoms with Gasteiger partial charge in [0.2, 0.25) is 16.9 Å². The Kier molecular flexibility index (Phi) is 5.44. The summed E-state index contributed by atoms with van der Waals surface area (Å²) in [5.41, 5.74) is 14.8. The first-order chi connectivity index (χ1) is 19.8. The molecule has 3 aromatic carbocycles. The van der Waals surface area contributed by atoms with Gasteiger partial charge in [-0.1, -0.05) is 48.5 Å². The number of fused-ring (bicyclic) bond motifs is 10. The second-order valence-corrected chi connectivity index (χ2v) is 11.3. The molecule has 0 aliphatic carbocycles. The molecule has 194 valence electrons. The van der Waals surface area contributed by atoms with E-state index < -0.39 is 0 Å². The van der Waals surface area contributed by atoms with Gasteiger partial charge in [-0.3, -0.25) is 0 Å². The Bertz CT molecular complexity index is 1970. The average molecular weight is 520 g/mol. The second-order valence-electron chi connectivity index (χ2n) is 11.3. The normalized spacial score (nSPS) is 14.4. The molecule has 2 aliphatic rings. The third-order valence-corrected chi connectivity index (χ3v) is 8.94. The molecule has 6 aromatic rings. The van der Waals surface area contributed by atoms with Gasteiger partial charge in [-0.25, -0.2) is 0 Å². The minimum absolute atomic E-state index is 1.02. The molecule has 3 heteroatoms. The van der Waals surface area contributed by atoms with Gasteiger partial charge >= 0.3 is 0 Å². The quantitative estimate of drug-likeness (QED) is 0.228. The summed E-state index contributed by atoms with van der Waals surface area (Å²) in [5.74, 6) is 0. The number of nitrogens with one attached hydrogen (secondary N) is 1. The molecule has 1 N–H and O–H groups in total. The van der Waals surface area contributed by atoms with Crippen LogP contribution in [0.25, 0.3) is 56.5 Å². The van der Waals surface area contributed by atoms with E-state index in [0.29, 0.717) is 0 Å². The Morgan fingerprint density at radius 3 is 2.45 bits per heavy atom. The largest absolute Gasteiger partial charge is 0.358 e. The lowest BCUT2D eigenvalue weighted by Crippen LogP contribution is -2.38. The lowest BCUT2D eigenvalue weighted by Gasteiger charge is -2.16. The third kappa shape index (κ3) is 3.65. The van der Waals surface area contributed by atoms with Crippen molar-refractivity contribution in [2.24, 2.45) is 0 Å². The highest BCUT2D eigenvalue weighted by molar-refractivity contribution is 5.96. The third-order valence-electron chi connectivity index (χ3n) is 8.94. The SMILES string of the molecule is Cc1[nH]c2ccccc2c1/C=C/c1cc2ccccc2[n+]2c1-c1c(ccc3c1-c1cccc[n+]1CCC3)CCC2. The summed E-state index contributed by atoms with van der Waals surface area (Å²) in [4.78, 5) is 3.58. The smallest absolute Gasteiger partial charge is 0.221 e. The van der Waals surface area contributed by atoms with E-state index in [0.717, 1.165) is 38.8 Å². The molecule has 3 nitrogen and oxygen atoms in total. The molecule has 8 rings (SSSR count). The highest BCUT2D eigenvalue weighted by Crippen LogP contribution is 2.41. The molecule has 0 saturated carbocycles. The first kappa shape index (κ1) is 23.4. The van der Waals surface area contributed by atoms with Gasteiger partial charge in [-0.2, -0.15) is 9.13 Å². The molecule has 40 heavy (non-hydrogen) atoms. The van der Waals surface area contributed by atoms with E-state index in [2.05, 4.69) is 124 Å². The molecular weight excluding hydrogens is 486 g/mol. The van der Waals surface area contributed by atoms with Gasteiger partial charge in [0.25, 0.3) is 0 Å². The first-order valence-electron chi connectivity index (χ1n) is 14.6. The predicted molar refractivity (Wildman–Crippen MR) is 164 cm³/mol. The fourth-order valence-corrected chi connectivity index (χ4v) is 7.13. The highest BCUT2D eigenvalue weighted by atomic mass is 15.0. The zero-order valence-electron chi connectivity index (χ0n) is 23.0. The van der Waals surface area contributed by atoms with Crippen molar-refractivity contribution in [2.45, 2.75) is 45.7 Å². The Labute approximate surface area is 235 Å². The van der Waals surface area contributed by atoms with Gasteiger partial charge in [-0.05, 0) is 61.2 Å². The van der Waals surface area contributed by atoms with Crippen LogP contribution in [-0.4, -0.2) is 4.98 Å². The number of para-hydroxylation sites is 2. The lowest BCUT2D eigenvalue weighted by molar-refractivity contribution is -0.686. The van der Waals surface area contributed by atoms with Crippen LogP contribution >= 0.6 is 0 Å². The molecule has 0 atom stereocenters. The molecule has 0 bridgehead atoms. The maximum Gasteiger partial charge on any atom is 0.221 e. The summed E-state index contributed by atoms with van der Waals surface area (Å²) < 4.78 is 5.08. The molecule has 0 fully saturated rings. The number of H-pyrrole nitrogens is 1. The molecule has 0 unspecified atom stereocenters. The minimum Gasteiger partial charge on any atom is -0.358 e. The van der Waals surface area contributed by atoms with Crippen molar-refractivity contribution in [2.75, 3.05) is 0 Å². The van der Waals surface area contributed by atoms with Crippen LogP contribution in [0.15, 0.2) is 91.1 Å². The van der Waals surface area contributed by atoms with Gasteiger partial charge in [0.05, 0.1) is 11.1 Å². The van der Waals surface area contributed by atoms with E-state index in [-0.39, 0.29) is 0 Å². The fraction of sp³-hybridized carbons (Fsp3) is 0.189. The number of benzene rings is 3. The maximum absolute atomic E-state index is 3.58. The van der Waals surface area contributed by atoms with Crippen molar-refractivity contribution in [1.82, 2.24) is 4.98 Å². The van der Waals surface area contributed by atoms with E-state index in [4.69, 9.17) is 0 Å². The highest BCUT2D eigenvalue weighted by Gasteiger charge is 2.33. The maximum atomic E-state index is 3.58. The number of rotatable bonds is 2. The molecule has 2 aliphatic heterocycles. The van der Waals surface area contributed by atoms with Crippen molar-refractivity contribution in [3.05, 3.63) is 119 Å². The Morgan fingerprint density at radius 1 is 0.750 bits per heavy atom. The number of nitrogens with zero attached hydrogens (tertiary/aromatic N) is 2. The zero-order chi connectivity index (χ0) is 26.6. The number of aryl methyl sites for hydroxylation is 5. The van der Waals surface area contributed by atoms with Gasteiger partial charge in [0.15, 0.2) is 6.20 Å². The Hall–Kier alpha value is -4.50. The van der Waals surface area contributed by atoms with E-state index in [1.807, 2.05) is 0 Å². The van der Waals surface area contributed by atoms with Crippen molar-refractivity contribution >= 4 is 34.0 Å². The number of hydrogen-bond acceptors (Lipinski definition) is 0. The van der Waals surface area contributed by atoms with Crippen molar-refractivity contribution in [3.8, 4) is 22.5 Å². The number of pyridine rings is 2. The van der Waals surface area contributed by atoms with Crippen molar-refractivity contribution < 1.29 is 9.13 Å². The second kappa shape index (κ2) is 9.31. The van der Waals surface area contributed by atoms with E-state index >= 15 is 0 Å². The molecule has 0 spiro atoms. The van der Waals surface area contributed by atoms with Crippen LogP contribution < -0.4 is 9.13 Å². The van der Waals surface area contributed by atoms with E-state index in [1.165, 1.54) is 72.3 Å². The van der Waals surface area contributed by atoms with Gasteiger partial charge in [-0.15, -0.1) is 0 Å². The van der Waals surface area contributed by atoms with Crippen molar-refractivity contribution in [1.29, 1.82) is 0 Å². The molecule has 0 saturated heterocycles. The Morgan fingerprint density at radius 2 is 1.52 bits per heavy atom. The topological polar surface area (TPSA) is 23.5 Å². The molecule has 3 aromatic heterocycles. The summed E-state index contributed by atoms with van der Waals surface area (Å²) in [6.45, 7) is 4.25. The molecular formula is C37H33N3+2.